The van der Waals surface area contributed by atoms with Crippen molar-refractivity contribution in [3.63, 3.8) is 0 Å². The average Bonchev–Trinajstić information content (AvgIpc) is 2.75. The Kier molecular flexibility index (Phi) is 8.99. The Morgan fingerprint density at radius 2 is 1.46 bits per heavy atom. The van der Waals surface area contributed by atoms with E-state index in [-0.39, 0.29) is 11.8 Å². The molecule has 1 aliphatic heterocycles. The summed E-state index contributed by atoms with van der Waals surface area (Å²) in [6, 6.07) is 8.02. The molecule has 0 saturated carbocycles. The van der Waals surface area contributed by atoms with E-state index >= 15 is 0 Å². The summed E-state index contributed by atoms with van der Waals surface area (Å²) in [4.78, 5) is 2.07. The molecule has 0 aliphatic carbocycles. The molecule has 2 unspecified atom stereocenters. The van der Waals surface area contributed by atoms with Crippen molar-refractivity contribution in [2.75, 3.05) is 19.3 Å². The number of benzene rings is 2. The molecule has 1 aliphatic rings. The van der Waals surface area contributed by atoms with Crippen LogP contribution < -0.4 is 0 Å². The quantitative estimate of drug-likeness (QED) is 0.452. The van der Waals surface area contributed by atoms with Gasteiger partial charge in [0.2, 0.25) is 0 Å². The van der Waals surface area contributed by atoms with Crippen molar-refractivity contribution in [2.24, 2.45) is 0 Å². The summed E-state index contributed by atoms with van der Waals surface area (Å²) in [5.41, 5.74) is 0.686. The molecule has 4 N–H and O–H groups in total. The van der Waals surface area contributed by atoms with Crippen molar-refractivity contribution < 1.29 is 41.5 Å². The van der Waals surface area contributed by atoms with Crippen LogP contribution >= 0.6 is 0 Å². The predicted octanol–water partition coefficient (Wildman–Crippen LogP) is 3.94. The van der Waals surface area contributed by atoms with Gasteiger partial charge in [-0.25, -0.2) is 0 Å². The van der Waals surface area contributed by atoms with Gasteiger partial charge in [-0.2, -0.15) is 21.6 Å². The monoisotopic (exact) mass is 519 g/mol. The molecule has 2 aromatic carbocycles. The molecule has 1 heterocycles. The van der Waals surface area contributed by atoms with E-state index in [4.69, 9.17) is 4.55 Å². The smallest absolute Gasteiger partial charge is 0.416 e. The topological polar surface area (TPSA) is 118 Å². The predicted molar refractivity (Wildman–Crippen MR) is 126 cm³/mol. The van der Waals surface area contributed by atoms with Crippen LogP contribution in [0.5, 0.6) is 5.75 Å². The molecular formula is C24H32F3NO6S. The summed E-state index contributed by atoms with van der Waals surface area (Å²) < 4.78 is 64.2. The second-order valence-electron chi connectivity index (χ2n) is 9.06. The molecule has 35 heavy (non-hydrogen) atoms. The molecule has 1 saturated heterocycles. The lowest BCUT2D eigenvalue weighted by molar-refractivity contribution is -0.137. The number of aliphatic hydroxyl groups is 2. The Labute approximate surface area is 203 Å². The maximum atomic E-state index is 12.8. The lowest BCUT2D eigenvalue weighted by atomic mass is 9.83. The van der Waals surface area contributed by atoms with Gasteiger partial charge in [0, 0.05) is 19.1 Å². The highest BCUT2D eigenvalue weighted by Gasteiger charge is 2.38. The van der Waals surface area contributed by atoms with Crippen LogP contribution in [0, 0.1) is 13.8 Å². The first-order chi connectivity index (χ1) is 15.9. The second-order valence-corrected chi connectivity index (χ2v) is 10.5. The van der Waals surface area contributed by atoms with Gasteiger partial charge in [-0.05, 0) is 80.1 Å². The molecule has 7 nitrogen and oxygen atoms in total. The van der Waals surface area contributed by atoms with Gasteiger partial charge in [-0.1, -0.05) is 12.1 Å². The normalized spacial score (nSPS) is 18.3. The fourth-order valence-electron chi connectivity index (χ4n) is 4.20. The lowest BCUT2D eigenvalue weighted by Gasteiger charge is -2.42. The number of nitrogens with zero attached hydrogens (tertiary/aromatic N) is 1. The first kappa shape index (κ1) is 29.1. The van der Waals surface area contributed by atoms with Crippen LogP contribution in [0.15, 0.2) is 36.4 Å². The summed E-state index contributed by atoms with van der Waals surface area (Å²) >= 11 is 0. The molecule has 196 valence electrons. The summed E-state index contributed by atoms with van der Waals surface area (Å²) in [5, 5.41) is 31.8. The number of alkyl halides is 3. The highest BCUT2D eigenvalue weighted by Crippen LogP contribution is 2.37. The van der Waals surface area contributed by atoms with E-state index in [1.807, 2.05) is 6.92 Å². The van der Waals surface area contributed by atoms with Gasteiger partial charge in [0.05, 0.1) is 23.5 Å². The van der Waals surface area contributed by atoms with Crippen molar-refractivity contribution in [1.29, 1.82) is 0 Å². The number of aliphatic hydroxyl groups excluding tert-OH is 1. The summed E-state index contributed by atoms with van der Waals surface area (Å²) in [6.07, 6.45) is -3.72. The molecule has 1 fully saturated rings. The minimum Gasteiger partial charge on any atom is -0.507 e. The number of aryl methyl sites for hydroxylation is 2. The Morgan fingerprint density at radius 1 is 1.03 bits per heavy atom. The largest absolute Gasteiger partial charge is 0.507 e. The molecule has 2 atom stereocenters. The van der Waals surface area contributed by atoms with Crippen molar-refractivity contribution in [3.05, 3.63) is 64.2 Å². The number of phenolic OH excluding ortho intramolecular Hbond substituents is 1. The van der Waals surface area contributed by atoms with Crippen LogP contribution in [0.2, 0.25) is 0 Å². The lowest BCUT2D eigenvalue weighted by Crippen LogP contribution is -2.47. The average molecular weight is 520 g/mol. The fourth-order valence-corrected chi connectivity index (χ4v) is 4.20. The molecule has 0 radical (unpaired) electrons. The highest BCUT2D eigenvalue weighted by molar-refractivity contribution is 7.85. The van der Waals surface area contributed by atoms with Crippen molar-refractivity contribution in [1.82, 2.24) is 4.90 Å². The molecule has 3 rings (SSSR count). The van der Waals surface area contributed by atoms with E-state index in [0.717, 1.165) is 17.7 Å². The van der Waals surface area contributed by atoms with Crippen molar-refractivity contribution in [3.8, 4) is 5.75 Å². The Bertz CT molecular complexity index is 1080. The SMILES string of the molecule is CS(=O)(=O)O.Cc1cc(C(O)C(C)N2CCC(O)(c3ccc(C(F)(F)F)cc3)CC2)cc(C)c1O. The number of rotatable bonds is 4. The second kappa shape index (κ2) is 10.8. The Morgan fingerprint density at radius 3 is 1.86 bits per heavy atom. The Balaban J connectivity index is 0.000000784. The minimum absolute atomic E-state index is 0.217. The van der Waals surface area contributed by atoms with E-state index in [1.54, 1.807) is 26.0 Å². The van der Waals surface area contributed by atoms with Gasteiger partial charge >= 0.3 is 6.18 Å². The zero-order valence-electron chi connectivity index (χ0n) is 20.0. The van der Waals surface area contributed by atoms with Crippen LogP contribution in [-0.2, 0) is 21.9 Å². The summed E-state index contributed by atoms with van der Waals surface area (Å²) in [5.74, 6) is 0.221. The van der Waals surface area contributed by atoms with E-state index < -0.39 is 33.6 Å². The van der Waals surface area contributed by atoms with E-state index in [1.165, 1.54) is 12.1 Å². The maximum absolute atomic E-state index is 12.8. The van der Waals surface area contributed by atoms with Gasteiger partial charge in [0.15, 0.2) is 0 Å². The molecule has 2 aromatic rings. The number of hydrogen-bond acceptors (Lipinski definition) is 6. The third kappa shape index (κ3) is 7.91. The third-order valence-electron chi connectivity index (χ3n) is 6.26. The molecule has 0 bridgehead atoms. The first-order valence-electron chi connectivity index (χ1n) is 11.0. The van der Waals surface area contributed by atoms with E-state index in [2.05, 4.69) is 4.90 Å². The van der Waals surface area contributed by atoms with Gasteiger partial charge in [-0.15, -0.1) is 0 Å². The van der Waals surface area contributed by atoms with E-state index in [9.17, 15) is 36.9 Å². The first-order valence-corrected chi connectivity index (χ1v) is 12.8. The number of phenols is 1. The van der Waals surface area contributed by atoms with Crippen LogP contribution in [0.4, 0.5) is 13.2 Å². The van der Waals surface area contributed by atoms with Crippen LogP contribution in [0.25, 0.3) is 0 Å². The zero-order valence-corrected chi connectivity index (χ0v) is 20.9. The fraction of sp³-hybridized carbons (Fsp3) is 0.500. The van der Waals surface area contributed by atoms with Crippen molar-refractivity contribution in [2.45, 2.75) is 57.5 Å². The molecule has 0 aromatic heterocycles. The van der Waals surface area contributed by atoms with Gasteiger partial charge in [-0.3, -0.25) is 9.45 Å². The Hall–Kier alpha value is -2.18. The van der Waals surface area contributed by atoms with Crippen molar-refractivity contribution >= 4 is 10.1 Å². The van der Waals surface area contributed by atoms with Crippen LogP contribution in [0.1, 0.15) is 53.7 Å². The zero-order chi connectivity index (χ0) is 26.8. The number of likely N-dealkylation sites (tertiary alicyclic amines) is 1. The minimum atomic E-state index is -4.40. The molecular weight excluding hydrogens is 487 g/mol. The highest BCUT2D eigenvalue weighted by atomic mass is 32.2. The number of hydrogen-bond donors (Lipinski definition) is 4. The molecule has 11 heteroatoms. The molecule has 0 spiro atoms. The third-order valence-corrected chi connectivity index (χ3v) is 6.26. The molecule has 0 amide bonds. The van der Waals surface area contributed by atoms with Gasteiger partial charge in [0.1, 0.15) is 5.75 Å². The number of piperidine rings is 1. The van der Waals surface area contributed by atoms with E-state index in [0.29, 0.717) is 48.9 Å². The number of halogens is 3. The van der Waals surface area contributed by atoms with Gasteiger partial charge in [0.25, 0.3) is 10.1 Å². The van der Waals surface area contributed by atoms with Crippen LogP contribution in [0.3, 0.4) is 0 Å². The maximum Gasteiger partial charge on any atom is 0.416 e. The number of aromatic hydroxyl groups is 1. The van der Waals surface area contributed by atoms with Gasteiger partial charge < -0.3 is 15.3 Å². The standard InChI is InChI=1S/C23H28F3NO3.CH4O3S/c1-14-12-17(13-15(2)20(14)28)21(29)16(3)27-10-8-22(30,9-11-27)18-4-6-19(7-5-18)23(24,25)26;1-5(2,3)4/h4-7,12-13,16,21,28-30H,8-11H2,1-3H3;1H3,(H,2,3,4). The summed E-state index contributed by atoms with van der Waals surface area (Å²) in [7, 11) is -3.67. The van der Waals surface area contributed by atoms with Crippen LogP contribution in [-0.4, -0.2) is 58.6 Å². The summed E-state index contributed by atoms with van der Waals surface area (Å²) in [6.45, 7) is 6.49.